The average Bonchev–Trinajstić information content (AvgIpc) is 2.28. The molecular weight excluding hydrogens is 256 g/mol. The van der Waals surface area contributed by atoms with Crippen molar-refractivity contribution < 1.29 is 19.4 Å². The fourth-order valence-electron chi connectivity index (χ4n) is 1.35. The summed E-state index contributed by atoms with van der Waals surface area (Å²) in [7, 11) is 1.50. The van der Waals surface area contributed by atoms with E-state index in [4.69, 9.17) is 26.2 Å². The molecule has 0 spiro atoms. The molecule has 0 amide bonds. The van der Waals surface area contributed by atoms with Crippen molar-refractivity contribution in [2.45, 2.75) is 20.0 Å². The fourth-order valence-corrected chi connectivity index (χ4v) is 1.62. The van der Waals surface area contributed by atoms with Crippen LogP contribution in [0.1, 0.15) is 19.4 Å². The Morgan fingerprint density at radius 1 is 1.44 bits per heavy atom. The first-order valence-electron chi connectivity index (χ1n) is 5.39. The number of carbonyl (C=O) groups is 1. The van der Waals surface area contributed by atoms with Crippen molar-refractivity contribution in [1.82, 2.24) is 0 Å². The SMILES string of the molecule is COc1cc(/C=C\C(=O)O)cc(Cl)c1OC(C)C. The first-order chi connectivity index (χ1) is 8.43. The summed E-state index contributed by atoms with van der Waals surface area (Å²) >= 11 is 6.09. The second-order valence-electron chi connectivity index (χ2n) is 3.87. The van der Waals surface area contributed by atoms with E-state index in [0.29, 0.717) is 22.1 Å². The van der Waals surface area contributed by atoms with Gasteiger partial charge < -0.3 is 14.6 Å². The maximum atomic E-state index is 10.4. The van der Waals surface area contributed by atoms with Crippen molar-refractivity contribution in [2.24, 2.45) is 0 Å². The second kappa shape index (κ2) is 6.31. The van der Waals surface area contributed by atoms with Crippen LogP contribution < -0.4 is 9.47 Å². The summed E-state index contributed by atoms with van der Waals surface area (Å²) in [5, 5.41) is 8.95. The van der Waals surface area contributed by atoms with E-state index in [1.807, 2.05) is 13.8 Å². The van der Waals surface area contributed by atoms with E-state index >= 15 is 0 Å². The van der Waals surface area contributed by atoms with Gasteiger partial charge >= 0.3 is 5.97 Å². The Hall–Kier alpha value is -1.68. The van der Waals surface area contributed by atoms with E-state index in [9.17, 15) is 4.79 Å². The van der Waals surface area contributed by atoms with Gasteiger partial charge in [-0.15, -0.1) is 0 Å². The van der Waals surface area contributed by atoms with Gasteiger partial charge in [-0.05, 0) is 37.6 Å². The largest absolute Gasteiger partial charge is 0.493 e. The number of halogens is 1. The van der Waals surface area contributed by atoms with Crippen molar-refractivity contribution in [2.75, 3.05) is 7.11 Å². The van der Waals surface area contributed by atoms with Crippen molar-refractivity contribution in [3.63, 3.8) is 0 Å². The molecule has 0 saturated heterocycles. The summed E-state index contributed by atoms with van der Waals surface area (Å²) < 4.78 is 10.7. The van der Waals surface area contributed by atoms with Crippen LogP contribution >= 0.6 is 11.6 Å². The van der Waals surface area contributed by atoms with Crippen LogP contribution in [0.25, 0.3) is 6.08 Å². The minimum Gasteiger partial charge on any atom is -0.493 e. The topological polar surface area (TPSA) is 55.8 Å². The van der Waals surface area contributed by atoms with Crippen LogP contribution in [0.2, 0.25) is 5.02 Å². The highest BCUT2D eigenvalue weighted by molar-refractivity contribution is 6.32. The molecule has 4 nitrogen and oxygen atoms in total. The fraction of sp³-hybridized carbons (Fsp3) is 0.308. The molecule has 0 radical (unpaired) electrons. The summed E-state index contributed by atoms with van der Waals surface area (Å²) in [4.78, 5) is 10.4. The van der Waals surface area contributed by atoms with Gasteiger partial charge in [0.1, 0.15) is 0 Å². The monoisotopic (exact) mass is 270 g/mol. The zero-order valence-corrected chi connectivity index (χ0v) is 11.2. The molecule has 1 aromatic carbocycles. The number of hydrogen-bond donors (Lipinski definition) is 1. The van der Waals surface area contributed by atoms with Gasteiger partial charge in [0.25, 0.3) is 0 Å². The van der Waals surface area contributed by atoms with Gasteiger partial charge in [-0.2, -0.15) is 0 Å². The lowest BCUT2D eigenvalue weighted by atomic mass is 10.2. The summed E-state index contributed by atoms with van der Waals surface area (Å²) in [5.41, 5.74) is 0.635. The Balaban J connectivity index is 3.14. The molecule has 98 valence electrons. The molecule has 1 rings (SSSR count). The van der Waals surface area contributed by atoms with Gasteiger partial charge in [-0.3, -0.25) is 0 Å². The van der Waals surface area contributed by atoms with Gasteiger partial charge in [0.15, 0.2) is 11.5 Å². The molecule has 18 heavy (non-hydrogen) atoms. The van der Waals surface area contributed by atoms with Crippen LogP contribution in [0.5, 0.6) is 11.5 Å². The maximum Gasteiger partial charge on any atom is 0.328 e. The molecule has 1 aromatic rings. The molecule has 1 N–H and O–H groups in total. The van der Waals surface area contributed by atoms with E-state index in [1.165, 1.54) is 13.2 Å². The number of carboxylic acid groups (broad SMARTS) is 1. The molecule has 0 atom stereocenters. The standard InChI is InChI=1S/C13H15ClO4/c1-8(2)18-13-10(14)6-9(4-5-12(15)16)7-11(13)17-3/h4-8H,1-3H3,(H,15,16)/b5-4-. The lowest BCUT2D eigenvalue weighted by Gasteiger charge is -2.15. The predicted molar refractivity (Wildman–Crippen MR) is 70.4 cm³/mol. The van der Waals surface area contributed by atoms with Crippen LogP contribution in [-0.2, 0) is 4.79 Å². The molecule has 0 unspecified atom stereocenters. The first-order valence-corrected chi connectivity index (χ1v) is 5.77. The Morgan fingerprint density at radius 3 is 2.61 bits per heavy atom. The first kappa shape index (κ1) is 14.4. The molecular formula is C13H15ClO4. The third kappa shape index (κ3) is 3.96. The van der Waals surface area contributed by atoms with Crippen molar-refractivity contribution in [3.8, 4) is 11.5 Å². The highest BCUT2D eigenvalue weighted by atomic mass is 35.5. The predicted octanol–water partition coefficient (Wildman–Crippen LogP) is 3.23. The summed E-state index contributed by atoms with van der Waals surface area (Å²) in [6, 6.07) is 3.30. The summed E-state index contributed by atoms with van der Waals surface area (Å²) in [5.74, 6) is -0.0875. The number of ether oxygens (including phenoxy) is 2. The number of methoxy groups -OCH3 is 1. The second-order valence-corrected chi connectivity index (χ2v) is 4.28. The third-order valence-corrected chi connectivity index (χ3v) is 2.30. The highest BCUT2D eigenvalue weighted by Gasteiger charge is 2.12. The third-order valence-electron chi connectivity index (χ3n) is 2.02. The minimum absolute atomic E-state index is 0.0307. The van der Waals surface area contributed by atoms with Crippen LogP contribution in [0, 0.1) is 0 Å². The molecule has 0 heterocycles. The van der Waals surface area contributed by atoms with Gasteiger partial charge in [-0.25, -0.2) is 4.79 Å². The van der Waals surface area contributed by atoms with Crippen molar-refractivity contribution >= 4 is 23.6 Å². The molecule has 0 aliphatic carbocycles. The van der Waals surface area contributed by atoms with Crippen molar-refractivity contribution in [3.05, 3.63) is 28.8 Å². The van der Waals surface area contributed by atoms with Crippen LogP contribution in [-0.4, -0.2) is 24.3 Å². The molecule has 0 saturated carbocycles. The van der Waals surface area contributed by atoms with Gasteiger partial charge in [-0.1, -0.05) is 11.6 Å². The number of aliphatic carboxylic acids is 1. The quantitative estimate of drug-likeness (QED) is 0.835. The average molecular weight is 271 g/mol. The van der Waals surface area contributed by atoms with Crippen LogP contribution in [0.3, 0.4) is 0 Å². The van der Waals surface area contributed by atoms with Crippen LogP contribution in [0.4, 0.5) is 0 Å². The van der Waals surface area contributed by atoms with E-state index in [2.05, 4.69) is 0 Å². The summed E-state index contributed by atoms with van der Waals surface area (Å²) in [6.45, 7) is 3.77. The Bertz CT molecular complexity index is 466. The molecule has 5 heteroatoms. The lowest BCUT2D eigenvalue weighted by Crippen LogP contribution is -2.07. The Kier molecular flexibility index (Phi) is 5.04. The molecule has 0 aliphatic rings. The molecule has 0 aliphatic heterocycles. The zero-order valence-electron chi connectivity index (χ0n) is 10.4. The zero-order chi connectivity index (χ0) is 13.7. The van der Waals surface area contributed by atoms with E-state index in [0.717, 1.165) is 6.08 Å². The van der Waals surface area contributed by atoms with Crippen molar-refractivity contribution in [1.29, 1.82) is 0 Å². The number of rotatable bonds is 5. The Morgan fingerprint density at radius 2 is 2.11 bits per heavy atom. The molecule has 0 fully saturated rings. The lowest BCUT2D eigenvalue weighted by molar-refractivity contribution is -0.131. The van der Waals surface area contributed by atoms with Crippen LogP contribution in [0.15, 0.2) is 18.2 Å². The van der Waals surface area contributed by atoms with E-state index in [-0.39, 0.29) is 6.10 Å². The normalized spacial score (nSPS) is 10.9. The Labute approximate surface area is 111 Å². The molecule has 0 aromatic heterocycles. The number of carboxylic acids is 1. The minimum atomic E-state index is -1.02. The van der Waals surface area contributed by atoms with Gasteiger partial charge in [0.2, 0.25) is 0 Å². The highest BCUT2D eigenvalue weighted by Crippen LogP contribution is 2.37. The number of hydrogen-bond acceptors (Lipinski definition) is 3. The maximum absolute atomic E-state index is 10.4. The number of benzene rings is 1. The van der Waals surface area contributed by atoms with Gasteiger partial charge in [0, 0.05) is 6.08 Å². The van der Waals surface area contributed by atoms with Gasteiger partial charge in [0.05, 0.1) is 18.2 Å². The van der Waals surface area contributed by atoms with E-state index < -0.39 is 5.97 Å². The molecule has 0 bridgehead atoms. The van der Waals surface area contributed by atoms with E-state index in [1.54, 1.807) is 12.1 Å². The summed E-state index contributed by atoms with van der Waals surface area (Å²) in [6.07, 6.45) is 2.45. The smallest absolute Gasteiger partial charge is 0.328 e.